The van der Waals surface area contributed by atoms with Gasteiger partial charge in [0.1, 0.15) is 4.88 Å². The Bertz CT molecular complexity index is 816. The highest BCUT2D eigenvalue weighted by molar-refractivity contribution is 9.10. The lowest BCUT2D eigenvalue weighted by Gasteiger charge is -2.34. The highest BCUT2D eigenvalue weighted by atomic mass is 79.9. The van der Waals surface area contributed by atoms with Gasteiger partial charge in [0.15, 0.2) is 0 Å². The third kappa shape index (κ3) is 5.35. The summed E-state index contributed by atoms with van der Waals surface area (Å²) in [6.07, 6.45) is 4.74. The van der Waals surface area contributed by atoms with Crippen LogP contribution in [0.15, 0.2) is 34.8 Å². The van der Waals surface area contributed by atoms with Gasteiger partial charge in [-0.25, -0.2) is 0 Å². The Morgan fingerprint density at radius 2 is 1.63 bits per heavy atom. The van der Waals surface area contributed by atoms with E-state index in [1.165, 1.54) is 37.1 Å². The lowest BCUT2D eigenvalue weighted by Crippen LogP contribution is -2.37. The molecule has 30 heavy (non-hydrogen) atoms. The van der Waals surface area contributed by atoms with E-state index in [0.717, 1.165) is 40.2 Å². The molecule has 0 N–H and O–H groups in total. The van der Waals surface area contributed by atoms with Crippen molar-refractivity contribution < 1.29 is 4.79 Å². The third-order valence-corrected chi connectivity index (χ3v) is 8.26. The molecule has 0 unspecified atom stereocenters. The highest BCUT2D eigenvalue weighted by Gasteiger charge is 2.24. The zero-order valence-corrected chi connectivity index (χ0v) is 21.2. The lowest BCUT2D eigenvalue weighted by molar-refractivity contribution is 0.0797. The summed E-state index contributed by atoms with van der Waals surface area (Å²) in [5, 5.41) is 0. The van der Waals surface area contributed by atoms with Crippen molar-refractivity contribution in [3.8, 4) is 10.4 Å². The predicted molar refractivity (Wildman–Crippen MR) is 133 cm³/mol. The maximum absolute atomic E-state index is 12.7. The van der Waals surface area contributed by atoms with Gasteiger partial charge in [0.05, 0.1) is 0 Å². The van der Waals surface area contributed by atoms with Crippen LogP contribution < -0.4 is 0 Å². The van der Waals surface area contributed by atoms with Crippen LogP contribution in [0, 0.1) is 0 Å². The molecule has 0 aliphatic carbocycles. The normalized spacial score (nSPS) is 17.9. The number of carbonyl (C=O) groups excluding carboxylic acids is 1. The Kier molecular flexibility index (Phi) is 8.55. The molecular formula is C25H35BrN2OS. The van der Waals surface area contributed by atoms with Crippen LogP contribution >= 0.6 is 27.3 Å². The molecule has 3 nitrogen and oxygen atoms in total. The fourth-order valence-corrected chi connectivity index (χ4v) is 6.21. The molecule has 0 spiro atoms. The van der Waals surface area contributed by atoms with E-state index in [-0.39, 0.29) is 5.91 Å². The van der Waals surface area contributed by atoms with Gasteiger partial charge in [0.2, 0.25) is 0 Å². The number of carbonyl (C=O) groups is 1. The van der Waals surface area contributed by atoms with Crippen molar-refractivity contribution in [3.05, 3.63) is 45.2 Å². The van der Waals surface area contributed by atoms with Gasteiger partial charge in [-0.05, 0) is 91.7 Å². The summed E-state index contributed by atoms with van der Waals surface area (Å²) < 4.78 is 0.925. The first-order valence-electron chi connectivity index (χ1n) is 11.5. The first kappa shape index (κ1) is 23.5. The minimum absolute atomic E-state index is 0.175. The van der Waals surface area contributed by atoms with Crippen LogP contribution in [0.3, 0.4) is 0 Å². The van der Waals surface area contributed by atoms with E-state index in [2.05, 4.69) is 65.0 Å². The van der Waals surface area contributed by atoms with Crippen molar-refractivity contribution in [2.75, 3.05) is 26.2 Å². The minimum Gasteiger partial charge on any atom is -0.338 e. The quantitative estimate of drug-likeness (QED) is 0.459. The van der Waals surface area contributed by atoms with Crippen molar-refractivity contribution in [2.24, 2.45) is 0 Å². The predicted octanol–water partition coefficient (Wildman–Crippen LogP) is 7.03. The Morgan fingerprint density at radius 1 is 1.03 bits per heavy atom. The summed E-state index contributed by atoms with van der Waals surface area (Å²) in [4.78, 5) is 19.3. The molecule has 2 fully saturated rings. The summed E-state index contributed by atoms with van der Waals surface area (Å²) in [6, 6.07) is 11.8. The molecule has 4 rings (SSSR count). The van der Waals surface area contributed by atoms with Crippen LogP contribution in [0.25, 0.3) is 10.4 Å². The summed E-state index contributed by atoms with van der Waals surface area (Å²) in [6.45, 7) is 12.8. The van der Waals surface area contributed by atoms with Gasteiger partial charge in [-0.15, -0.1) is 11.3 Å². The number of thiophene rings is 1. The van der Waals surface area contributed by atoms with E-state index in [4.69, 9.17) is 0 Å². The molecule has 0 radical (unpaired) electrons. The molecule has 1 aromatic carbocycles. The topological polar surface area (TPSA) is 23.6 Å². The first-order chi connectivity index (χ1) is 14.5. The second-order valence-electron chi connectivity index (χ2n) is 8.31. The van der Waals surface area contributed by atoms with E-state index in [1.807, 2.05) is 18.7 Å². The maximum atomic E-state index is 12.7. The summed E-state index contributed by atoms with van der Waals surface area (Å²) in [7, 11) is 0. The van der Waals surface area contributed by atoms with Crippen LogP contribution in [0.1, 0.15) is 74.5 Å². The molecule has 1 amide bonds. The van der Waals surface area contributed by atoms with Gasteiger partial charge in [-0.1, -0.05) is 38.1 Å². The van der Waals surface area contributed by atoms with Gasteiger partial charge in [0.25, 0.3) is 5.91 Å². The van der Waals surface area contributed by atoms with Crippen LogP contribution in [0.2, 0.25) is 0 Å². The SMILES string of the molecule is CC.CC(C)N1CCC(c2ccc(-c3cc(Br)c(C(=O)N4CCCC4)s3)cc2)CC1. The van der Waals surface area contributed by atoms with E-state index in [0.29, 0.717) is 12.0 Å². The smallest absolute Gasteiger partial charge is 0.265 e. The Labute approximate surface area is 194 Å². The number of nitrogens with zero attached hydrogens (tertiary/aromatic N) is 2. The molecule has 2 aliphatic heterocycles. The van der Waals surface area contributed by atoms with E-state index in [9.17, 15) is 4.79 Å². The van der Waals surface area contributed by atoms with Crippen molar-refractivity contribution in [1.82, 2.24) is 9.80 Å². The van der Waals surface area contributed by atoms with E-state index < -0.39 is 0 Å². The average Bonchev–Trinajstić information content (AvgIpc) is 3.45. The number of halogens is 1. The molecule has 5 heteroatoms. The van der Waals surface area contributed by atoms with E-state index >= 15 is 0 Å². The Balaban J connectivity index is 0.00000124. The molecule has 0 bridgehead atoms. The molecular weight excluding hydrogens is 456 g/mol. The fourth-order valence-electron chi connectivity index (χ4n) is 4.39. The van der Waals surface area contributed by atoms with Gasteiger partial charge in [0, 0.05) is 28.5 Å². The van der Waals surface area contributed by atoms with Crippen molar-refractivity contribution in [3.63, 3.8) is 0 Å². The van der Waals surface area contributed by atoms with Crippen LogP contribution in [-0.2, 0) is 0 Å². The standard InChI is InChI=1S/C23H29BrN2OS.C2H6/c1-16(2)25-13-9-18(10-14-25)17-5-7-19(8-6-17)21-15-20(24)22(28-21)23(27)26-11-3-4-12-26;1-2/h5-8,15-16,18H,3-4,9-14H2,1-2H3;1-2H3. The number of hydrogen-bond donors (Lipinski definition) is 0. The average molecular weight is 492 g/mol. The summed E-state index contributed by atoms with van der Waals surface area (Å²) >= 11 is 5.22. The zero-order chi connectivity index (χ0) is 21.7. The van der Waals surface area contributed by atoms with Crippen LogP contribution in [0.5, 0.6) is 0 Å². The fraction of sp³-hybridized carbons (Fsp3) is 0.560. The number of piperidine rings is 1. The zero-order valence-electron chi connectivity index (χ0n) is 18.8. The molecule has 3 heterocycles. The van der Waals surface area contributed by atoms with Gasteiger partial charge < -0.3 is 9.80 Å². The number of rotatable bonds is 4. The Morgan fingerprint density at radius 3 is 2.20 bits per heavy atom. The van der Waals surface area contributed by atoms with E-state index in [1.54, 1.807) is 11.3 Å². The highest BCUT2D eigenvalue weighted by Crippen LogP contribution is 2.37. The molecule has 2 saturated heterocycles. The molecule has 0 atom stereocenters. The van der Waals surface area contributed by atoms with Crippen LogP contribution in [-0.4, -0.2) is 47.9 Å². The van der Waals surface area contributed by atoms with Crippen molar-refractivity contribution >= 4 is 33.2 Å². The number of benzene rings is 1. The van der Waals surface area contributed by atoms with Crippen LogP contribution in [0.4, 0.5) is 0 Å². The van der Waals surface area contributed by atoms with Crippen molar-refractivity contribution in [2.45, 2.75) is 65.3 Å². The third-order valence-electron chi connectivity index (χ3n) is 6.20. The van der Waals surface area contributed by atoms with Gasteiger partial charge in [-0.2, -0.15) is 0 Å². The van der Waals surface area contributed by atoms with Gasteiger partial charge in [-0.3, -0.25) is 4.79 Å². The Hall–Kier alpha value is -1.17. The number of hydrogen-bond acceptors (Lipinski definition) is 3. The largest absolute Gasteiger partial charge is 0.338 e. The molecule has 2 aromatic rings. The number of amides is 1. The molecule has 0 saturated carbocycles. The van der Waals surface area contributed by atoms with Gasteiger partial charge >= 0.3 is 0 Å². The molecule has 2 aliphatic rings. The molecule has 1 aromatic heterocycles. The monoisotopic (exact) mass is 490 g/mol. The molecule has 164 valence electrons. The first-order valence-corrected chi connectivity index (χ1v) is 13.1. The second kappa shape index (κ2) is 10.9. The van der Waals surface area contributed by atoms with Crippen molar-refractivity contribution in [1.29, 1.82) is 0 Å². The summed E-state index contributed by atoms with van der Waals surface area (Å²) in [5.74, 6) is 0.848. The minimum atomic E-state index is 0.175. The summed E-state index contributed by atoms with van der Waals surface area (Å²) in [5.41, 5.74) is 2.66. The second-order valence-corrected chi connectivity index (χ2v) is 10.2. The lowest BCUT2D eigenvalue weighted by atomic mass is 9.88. The number of likely N-dealkylation sites (tertiary alicyclic amines) is 2. The maximum Gasteiger partial charge on any atom is 0.265 e.